The molecule has 0 bridgehead atoms. The van der Waals surface area contributed by atoms with Gasteiger partial charge in [-0.1, -0.05) is 12.1 Å². The number of aliphatic carboxylic acids is 1. The van der Waals surface area contributed by atoms with Crippen molar-refractivity contribution < 1.29 is 14.7 Å². The molecule has 5 nitrogen and oxygen atoms in total. The normalized spacial score (nSPS) is 11.4. The van der Waals surface area contributed by atoms with E-state index in [-0.39, 0.29) is 12.3 Å². The Bertz CT molecular complexity index is 511. The summed E-state index contributed by atoms with van der Waals surface area (Å²) >= 11 is 1.21. The molecule has 6 heteroatoms. The van der Waals surface area contributed by atoms with Crippen molar-refractivity contribution in [2.24, 2.45) is 0 Å². The molecule has 0 radical (unpaired) electrons. The van der Waals surface area contributed by atoms with Crippen LogP contribution in [0.5, 0.6) is 0 Å². The van der Waals surface area contributed by atoms with E-state index in [2.05, 4.69) is 5.32 Å². The van der Waals surface area contributed by atoms with Crippen molar-refractivity contribution in [3.05, 3.63) is 29.8 Å². The summed E-state index contributed by atoms with van der Waals surface area (Å²) in [6.07, 6.45) is 0.210. The van der Waals surface area contributed by atoms with E-state index < -0.39 is 11.2 Å². The van der Waals surface area contributed by atoms with Crippen LogP contribution in [0.3, 0.4) is 0 Å². The fourth-order valence-electron chi connectivity index (χ4n) is 1.30. The maximum absolute atomic E-state index is 11.7. The second kappa shape index (κ2) is 7.44. The average Bonchev–Trinajstić information content (AvgIpc) is 2.39. The Hall–Kier alpha value is -2.00. The van der Waals surface area contributed by atoms with Crippen molar-refractivity contribution in [3.8, 4) is 6.07 Å². The minimum atomic E-state index is -0.889. The number of rotatable bonds is 6. The first-order valence-corrected chi connectivity index (χ1v) is 6.73. The summed E-state index contributed by atoms with van der Waals surface area (Å²) in [5.41, 5.74) is 0.883. The van der Waals surface area contributed by atoms with Crippen molar-refractivity contribution in [3.63, 3.8) is 0 Å². The predicted molar refractivity (Wildman–Crippen MR) is 74.0 cm³/mol. The molecule has 0 aliphatic carbocycles. The number of anilines is 1. The molecule has 0 saturated carbocycles. The Kier molecular flexibility index (Phi) is 5.90. The number of hydrogen-bond donors (Lipinski definition) is 2. The van der Waals surface area contributed by atoms with Crippen LogP contribution in [-0.2, 0) is 9.59 Å². The van der Waals surface area contributed by atoms with E-state index in [9.17, 15) is 9.59 Å². The molecule has 0 saturated heterocycles. The number of thioether (sulfide) groups is 1. The second-order valence-electron chi connectivity index (χ2n) is 3.81. The lowest BCUT2D eigenvalue weighted by Crippen LogP contribution is -2.16. The van der Waals surface area contributed by atoms with Crippen LogP contribution in [0.15, 0.2) is 24.3 Å². The van der Waals surface area contributed by atoms with Crippen LogP contribution in [0.1, 0.15) is 18.9 Å². The van der Waals surface area contributed by atoms with Gasteiger partial charge in [-0.2, -0.15) is 5.26 Å². The summed E-state index contributed by atoms with van der Waals surface area (Å²) < 4.78 is 0. The summed E-state index contributed by atoms with van der Waals surface area (Å²) in [7, 11) is 0. The predicted octanol–water partition coefficient (Wildman–Crippen LogP) is 2.09. The van der Waals surface area contributed by atoms with Crippen molar-refractivity contribution in [2.75, 3.05) is 11.1 Å². The molecular weight excluding hydrogens is 264 g/mol. The van der Waals surface area contributed by atoms with Gasteiger partial charge in [0.25, 0.3) is 0 Å². The monoisotopic (exact) mass is 278 g/mol. The standard InChI is InChI=1S/C13H14N2O3S/c1-9(13(17)18)19-7-6-12(16)15-11-5-3-2-4-10(11)8-14/h2-5,9H,6-7H2,1H3,(H,15,16)(H,17,18). The zero-order valence-corrected chi connectivity index (χ0v) is 11.2. The van der Waals surface area contributed by atoms with Gasteiger partial charge in [-0.25, -0.2) is 0 Å². The van der Waals surface area contributed by atoms with Gasteiger partial charge in [0.05, 0.1) is 16.5 Å². The van der Waals surface area contributed by atoms with Crippen LogP contribution in [-0.4, -0.2) is 28.0 Å². The minimum absolute atomic E-state index is 0.210. The Labute approximate surface area is 115 Å². The number of nitrogens with zero attached hydrogens (tertiary/aromatic N) is 1. The second-order valence-corrected chi connectivity index (χ2v) is 5.26. The number of amides is 1. The lowest BCUT2D eigenvalue weighted by molar-refractivity contribution is -0.136. The maximum Gasteiger partial charge on any atom is 0.316 e. The van der Waals surface area contributed by atoms with E-state index in [1.165, 1.54) is 11.8 Å². The largest absolute Gasteiger partial charge is 0.480 e. The van der Waals surface area contributed by atoms with Gasteiger partial charge in [-0.3, -0.25) is 9.59 Å². The van der Waals surface area contributed by atoms with Crippen molar-refractivity contribution in [1.82, 2.24) is 0 Å². The summed E-state index contributed by atoms with van der Waals surface area (Å²) in [4.78, 5) is 22.2. The number of hydrogen-bond acceptors (Lipinski definition) is 4. The molecule has 1 atom stereocenters. The highest BCUT2D eigenvalue weighted by atomic mass is 32.2. The number of para-hydroxylation sites is 1. The smallest absolute Gasteiger partial charge is 0.316 e. The Morgan fingerprint density at radius 3 is 2.79 bits per heavy atom. The summed E-state index contributed by atoms with van der Waals surface area (Å²) in [5.74, 6) is -0.693. The number of carboxylic acids is 1. The van der Waals surface area contributed by atoms with Crippen LogP contribution in [0.4, 0.5) is 5.69 Å². The van der Waals surface area contributed by atoms with E-state index in [4.69, 9.17) is 10.4 Å². The molecule has 100 valence electrons. The highest BCUT2D eigenvalue weighted by molar-refractivity contribution is 8.00. The van der Waals surface area contributed by atoms with E-state index in [0.29, 0.717) is 17.0 Å². The third-order valence-corrected chi connectivity index (χ3v) is 3.51. The fraction of sp³-hybridized carbons (Fsp3) is 0.308. The van der Waals surface area contributed by atoms with Gasteiger partial charge in [0.1, 0.15) is 6.07 Å². The summed E-state index contributed by atoms with van der Waals surface area (Å²) in [6.45, 7) is 1.58. The maximum atomic E-state index is 11.7. The fourth-order valence-corrected chi connectivity index (χ4v) is 2.10. The van der Waals surface area contributed by atoms with E-state index in [1.807, 2.05) is 6.07 Å². The van der Waals surface area contributed by atoms with E-state index in [1.54, 1.807) is 31.2 Å². The number of nitrogens with one attached hydrogen (secondary N) is 1. The molecule has 0 heterocycles. The van der Waals surface area contributed by atoms with Crippen LogP contribution in [0.25, 0.3) is 0 Å². The molecule has 1 amide bonds. The third-order valence-electron chi connectivity index (χ3n) is 2.37. The molecule has 19 heavy (non-hydrogen) atoms. The van der Waals surface area contributed by atoms with Gasteiger partial charge in [0, 0.05) is 12.2 Å². The molecule has 0 aliphatic heterocycles. The molecule has 1 rings (SSSR count). The summed E-state index contributed by atoms with van der Waals surface area (Å²) in [5, 5.41) is 19.7. The number of carbonyl (C=O) groups excluding carboxylic acids is 1. The quantitative estimate of drug-likeness (QED) is 0.831. The van der Waals surface area contributed by atoms with Crippen LogP contribution in [0, 0.1) is 11.3 Å². The van der Waals surface area contributed by atoms with E-state index in [0.717, 1.165) is 0 Å². The van der Waals surface area contributed by atoms with Gasteiger partial charge in [0.15, 0.2) is 0 Å². The average molecular weight is 278 g/mol. The molecule has 1 unspecified atom stereocenters. The molecule has 1 aromatic carbocycles. The zero-order valence-electron chi connectivity index (χ0n) is 10.4. The highest BCUT2D eigenvalue weighted by Gasteiger charge is 2.12. The third kappa shape index (κ3) is 5.02. The van der Waals surface area contributed by atoms with Crippen molar-refractivity contribution in [1.29, 1.82) is 5.26 Å². The first kappa shape index (κ1) is 15.1. The molecule has 2 N–H and O–H groups in total. The van der Waals surface area contributed by atoms with Crippen molar-refractivity contribution >= 4 is 29.3 Å². The number of benzene rings is 1. The van der Waals surface area contributed by atoms with Gasteiger partial charge in [0.2, 0.25) is 5.91 Å². The minimum Gasteiger partial charge on any atom is -0.480 e. The van der Waals surface area contributed by atoms with Gasteiger partial charge < -0.3 is 10.4 Å². The Balaban J connectivity index is 2.44. The molecular formula is C13H14N2O3S. The zero-order chi connectivity index (χ0) is 14.3. The highest BCUT2D eigenvalue weighted by Crippen LogP contribution is 2.15. The number of carboxylic acid groups (broad SMARTS) is 1. The summed E-state index contributed by atoms with van der Waals surface area (Å²) in [6, 6.07) is 8.73. The topological polar surface area (TPSA) is 90.2 Å². The van der Waals surface area contributed by atoms with Crippen LogP contribution < -0.4 is 5.32 Å². The molecule has 0 aromatic heterocycles. The lowest BCUT2D eigenvalue weighted by atomic mass is 10.2. The first-order chi connectivity index (χ1) is 9.04. The molecule has 0 spiro atoms. The van der Waals surface area contributed by atoms with Gasteiger partial charge >= 0.3 is 5.97 Å². The van der Waals surface area contributed by atoms with Crippen molar-refractivity contribution in [2.45, 2.75) is 18.6 Å². The van der Waals surface area contributed by atoms with Crippen LogP contribution in [0.2, 0.25) is 0 Å². The number of carbonyl (C=O) groups is 2. The molecule has 0 fully saturated rings. The Morgan fingerprint density at radius 2 is 2.16 bits per heavy atom. The molecule has 1 aromatic rings. The Morgan fingerprint density at radius 1 is 1.47 bits per heavy atom. The van der Waals surface area contributed by atoms with Crippen LogP contribution >= 0.6 is 11.8 Å². The first-order valence-electron chi connectivity index (χ1n) is 5.68. The SMILES string of the molecule is CC(SCCC(=O)Nc1ccccc1C#N)C(=O)O. The van der Waals surface area contributed by atoms with E-state index >= 15 is 0 Å². The lowest BCUT2D eigenvalue weighted by Gasteiger charge is -2.08. The van der Waals surface area contributed by atoms with Gasteiger partial charge in [-0.15, -0.1) is 11.8 Å². The van der Waals surface area contributed by atoms with Gasteiger partial charge in [-0.05, 0) is 19.1 Å². The number of nitriles is 1. The molecule has 0 aliphatic rings.